The molecule has 0 bridgehead atoms. The van der Waals surface area contributed by atoms with Crippen LogP contribution in [-0.2, 0) is 0 Å². The van der Waals surface area contributed by atoms with Crippen molar-refractivity contribution >= 4 is 33.6 Å². The molecule has 0 amide bonds. The lowest BCUT2D eigenvalue weighted by Gasteiger charge is -2.16. The van der Waals surface area contributed by atoms with E-state index in [1.807, 2.05) is 48.5 Å². The Morgan fingerprint density at radius 1 is 0.367 bits per heavy atom. The van der Waals surface area contributed by atoms with Gasteiger partial charge >= 0.3 is 0 Å². The van der Waals surface area contributed by atoms with E-state index in [1.165, 1.54) is 0 Å². The molecule has 4 heteroatoms. The summed E-state index contributed by atoms with van der Waals surface area (Å²) in [5.74, 6) is -0.128. The Morgan fingerprint density at radius 3 is 0.867 bits per heavy atom. The second-order valence-electron chi connectivity index (χ2n) is 6.95. The van der Waals surface area contributed by atoms with Crippen molar-refractivity contribution in [2.75, 3.05) is 0 Å². The fraction of sp³-hybridized carbons (Fsp3) is 0. The van der Waals surface area contributed by atoms with Crippen LogP contribution in [0.4, 0.5) is 0 Å². The first-order chi connectivity index (χ1) is 14.7. The standard InChI is InChI=1S/C14H8O2.C12H8N2/c15-13-9-5-1-2-6-10(9)14(16)12-8-4-3-7-11(12)13;1-2-6-10-9(5-1)13-11-7-3-4-8-12(11)14-10/h1-8H;1-8H. The number of carbonyl (C=O) groups excluding carboxylic acids is 2. The van der Waals surface area contributed by atoms with E-state index < -0.39 is 0 Å². The molecule has 0 radical (unpaired) electrons. The number of fused-ring (bicyclic) bond motifs is 4. The van der Waals surface area contributed by atoms with Crippen molar-refractivity contribution in [3.05, 3.63) is 119 Å². The molecule has 142 valence electrons. The summed E-state index contributed by atoms with van der Waals surface area (Å²) in [7, 11) is 0. The first-order valence-electron chi connectivity index (χ1n) is 9.61. The SMILES string of the molecule is O=C1c2ccccc2C(=O)c2ccccc21.c1ccc2nc3ccccc3nc2c1. The lowest BCUT2D eigenvalue weighted by atomic mass is 9.84. The normalized spacial score (nSPS) is 12.1. The van der Waals surface area contributed by atoms with Crippen molar-refractivity contribution < 1.29 is 9.59 Å². The molecule has 0 aliphatic heterocycles. The number of hydrogen-bond donors (Lipinski definition) is 0. The first kappa shape index (κ1) is 17.9. The second kappa shape index (κ2) is 7.33. The molecular weight excluding hydrogens is 372 g/mol. The van der Waals surface area contributed by atoms with Gasteiger partial charge in [-0.25, -0.2) is 9.97 Å². The minimum Gasteiger partial charge on any atom is -0.289 e. The van der Waals surface area contributed by atoms with E-state index in [1.54, 1.807) is 48.5 Å². The van der Waals surface area contributed by atoms with Crippen molar-refractivity contribution in [2.45, 2.75) is 0 Å². The van der Waals surface area contributed by atoms with Crippen molar-refractivity contribution in [3.63, 3.8) is 0 Å². The van der Waals surface area contributed by atoms with Crippen LogP contribution in [0.3, 0.4) is 0 Å². The van der Waals surface area contributed by atoms with Gasteiger partial charge in [0.1, 0.15) is 0 Å². The van der Waals surface area contributed by atoms with Gasteiger partial charge in [-0.15, -0.1) is 0 Å². The highest BCUT2D eigenvalue weighted by atomic mass is 16.1. The Hall–Kier alpha value is -4.18. The van der Waals surface area contributed by atoms with Crippen LogP contribution in [-0.4, -0.2) is 21.5 Å². The summed E-state index contributed by atoms with van der Waals surface area (Å²) in [5, 5.41) is 0. The van der Waals surface area contributed by atoms with Crippen LogP contribution < -0.4 is 0 Å². The lowest BCUT2D eigenvalue weighted by molar-refractivity contribution is 0.0979. The Bertz CT molecular complexity index is 1230. The third-order valence-corrected chi connectivity index (χ3v) is 5.08. The molecule has 0 fully saturated rings. The largest absolute Gasteiger partial charge is 0.289 e. The minimum absolute atomic E-state index is 0.0641. The Morgan fingerprint density at radius 2 is 0.600 bits per heavy atom. The smallest absolute Gasteiger partial charge is 0.194 e. The van der Waals surface area contributed by atoms with E-state index >= 15 is 0 Å². The van der Waals surface area contributed by atoms with Gasteiger partial charge in [-0.05, 0) is 24.3 Å². The van der Waals surface area contributed by atoms with Gasteiger partial charge in [0.25, 0.3) is 0 Å². The van der Waals surface area contributed by atoms with Crippen LogP contribution in [0.15, 0.2) is 97.1 Å². The highest BCUT2D eigenvalue weighted by molar-refractivity contribution is 6.28. The van der Waals surface area contributed by atoms with Crippen molar-refractivity contribution in [3.8, 4) is 0 Å². The maximum atomic E-state index is 12.1. The third kappa shape index (κ3) is 3.05. The topological polar surface area (TPSA) is 59.9 Å². The van der Waals surface area contributed by atoms with Crippen LogP contribution in [0.5, 0.6) is 0 Å². The lowest BCUT2D eigenvalue weighted by Crippen LogP contribution is -2.20. The number of hydrogen-bond acceptors (Lipinski definition) is 4. The number of benzene rings is 4. The maximum absolute atomic E-state index is 12.1. The number of aromatic nitrogens is 2. The molecule has 1 aliphatic carbocycles. The van der Waals surface area contributed by atoms with E-state index in [0.717, 1.165) is 22.1 Å². The van der Waals surface area contributed by atoms with E-state index in [-0.39, 0.29) is 11.6 Å². The molecule has 6 rings (SSSR count). The summed E-state index contributed by atoms with van der Waals surface area (Å²) in [5.41, 5.74) is 5.82. The summed E-state index contributed by atoms with van der Waals surface area (Å²) < 4.78 is 0. The van der Waals surface area contributed by atoms with Gasteiger partial charge in [-0.1, -0.05) is 72.8 Å². The third-order valence-electron chi connectivity index (χ3n) is 5.08. The average Bonchev–Trinajstić information content (AvgIpc) is 2.81. The molecule has 0 spiro atoms. The summed E-state index contributed by atoms with van der Waals surface area (Å²) in [6.07, 6.45) is 0. The van der Waals surface area contributed by atoms with Gasteiger partial charge in [0.05, 0.1) is 22.1 Å². The van der Waals surface area contributed by atoms with E-state index in [9.17, 15) is 9.59 Å². The predicted molar refractivity (Wildman–Crippen MR) is 117 cm³/mol. The Kier molecular flexibility index (Phi) is 4.37. The zero-order valence-corrected chi connectivity index (χ0v) is 15.9. The quantitative estimate of drug-likeness (QED) is 0.334. The molecule has 0 N–H and O–H groups in total. The van der Waals surface area contributed by atoms with E-state index in [4.69, 9.17) is 0 Å². The Balaban J connectivity index is 0.000000130. The molecule has 5 aromatic rings. The number of carbonyl (C=O) groups is 2. The number of nitrogens with zero attached hydrogens (tertiary/aromatic N) is 2. The van der Waals surface area contributed by atoms with Crippen molar-refractivity contribution in [1.29, 1.82) is 0 Å². The number of ketones is 2. The molecule has 0 saturated heterocycles. The van der Waals surface area contributed by atoms with Crippen LogP contribution in [0.25, 0.3) is 22.1 Å². The fourth-order valence-electron chi connectivity index (χ4n) is 3.61. The highest BCUT2D eigenvalue weighted by Gasteiger charge is 2.28. The molecule has 0 atom stereocenters. The average molecular weight is 388 g/mol. The predicted octanol–water partition coefficient (Wildman–Crippen LogP) is 5.25. The summed E-state index contributed by atoms with van der Waals surface area (Å²) in [6, 6.07) is 29.7. The highest BCUT2D eigenvalue weighted by Crippen LogP contribution is 2.26. The van der Waals surface area contributed by atoms with Crippen LogP contribution >= 0.6 is 0 Å². The van der Waals surface area contributed by atoms with Gasteiger partial charge in [-0.2, -0.15) is 0 Å². The molecule has 1 aromatic heterocycles. The molecule has 30 heavy (non-hydrogen) atoms. The molecule has 0 unspecified atom stereocenters. The van der Waals surface area contributed by atoms with Gasteiger partial charge in [-0.3, -0.25) is 9.59 Å². The van der Waals surface area contributed by atoms with Crippen LogP contribution in [0.2, 0.25) is 0 Å². The summed E-state index contributed by atoms with van der Waals surface area (Å²) in [4.78, 5) is 33.2. The molecular formula is C26H16N2O2. The number of rotatable bonds is 0. The zero-order chi connectivity index (χ0) is 20.5. The van der Waals surface area contributed by atoms with Crippen LogP contribution in [0, 0.1) is 0 Å². The molecule has 1 aliphatic rings. The molecule has 1 heterocycles. The maximum Gasteiger partial charge on any atom is 0.194 e. The fourth-order valence-corrected chi connectivity index (χ4v) is 3.61. The van der Waals surface area contributed by atoms with Gasteiger partial charge in [0, 0.05) is 22.3 Å². The van der Waals surface area contributed by atoms with Gasteiger partial charge < -0.3 is 0 Å². The van der Waals surface area contributed by atoms with E-state index in [0.29, 0.717) is 22.3 Å². The molecule has 4 nitrogen and oxygen atoms in total. The summed E-state index contributed by atoms with van der Waals surface area (Å²) >= 11 is 0. The van der Waals surface area contributed by atoms with Crippen molar-refractivity contribution in [1.82, 2.24) is 9.97 Å². The van der Waals surface area contributed by atoms with Gasteiger partial charge in [0.2, 0.25) is 0 Å². The minimum atomic E-state index is -0.0641. The first-order valence-corrected chi connectivity index (χ1v) is 9.61. The second-order valence-corrected chi connectivity index (χ2v) is 6.95. The molecule has 4 aromatic carbocycles. The zero-order valence-electron chi connectivity index (χ0n) is 15.9. The Labute approximate surface area is 172 Å². The van der Waals surface area contributed by atoms with E-state index in [2.05, 4.69) is 9.97 Å². The number of para-hydroxylation sites is 4. The van der Waals surface area contributed by atoms with Gasteiger partial charge in [0.15, 0.2) is 11.6 Å². The summed E-state index contributed by atoms with van der Waals surface area (Å²) in [6.45, 7) is 0. The van der Waals surface area contributed by atoms with Crippen molar-refractivity contribution in [2.24, 2.45) is 0 Å². The van der Waals surface area contributed by atoms with Crippen LogP contribution in [0.1, 0.15) is 31.8 Å². The monoisotopic (exact) mass is 388 g/mol. The molecule has 0 saturated carbocycles.